The maximum absolute atomic E-state index is 11.6. The molecule has 0 unspecified atom stereocenters. The molecule has 0 saturated heterocycles. The first-order chi connectivity index (χ1) is 10.6. The van der Waals surface area contributed by atoms with Crippen LogP contribution in [0.5, 0.6) is 0 Å². The molecule has 0 aliphatic heterocycles. The summed E-state index contributed by atoms with van der Waals surface area (Å²) in [6, 6.07) is 0.183. The molecule has 0 aliphatic carbocycles. The van der Waals surface area contributed by atoms with E-state index in [1.165, 1.54) is 0 Å². The minimum absolute atomic E-state index is 0. The van der Waals surface area contributed by atoms with E-state index in [9.17, 15) is 4.79 Å². The van der Waals surface area contributed by atoms with E-state index in [1.807, 2.05) is 20.8 Å². The van der Waals surface area contributed by atoms with Crippen LogP contribution in [0.3, 0.4) is 0 Å². The Balaban J connectivity index is 0. The van der Waals surface area contributed by atoms with E-state index < -0.39 is 0 Å². The van der Waals surface area contributed by atoms with Gasteiger partial charge in [0.05, 0.1) is 0 Å². The largest absolute Gasteiger partial charge is 0.381 e. The first kappa shape index (κ1) is 24.7. The summed E-state index contributed by atoms with van der Waals surface area (Å²) in [5.74, 6) is 0.816. The number of hydrogen-bond acceptors (Lipinski definition) is 3. The van der Waals surface area contributed by atoms with E-state index >= 15 is 0 Å². The zero-order chi connectivity index (χ0) is 16.6. The van der Waals surface area contributed by atoms with Crippen LogP contribution < -0.4 is 16.0 Å². The molecule has 0 radical (unpaired) electrons. The number of unbranched alkanes of at least 4 members (excludes halogenated alkanes) is 1. The molecule has 0 aromatic carbocycles. The number of nitrogens with one attached hydrogen (secondary N) is 3. The van der Waals surface area contributed by atoms with Gasteiger partial charge < -0.3 is 20.7 Å². The molecule has 1 amide bonds. The van der Waals surface area contributed by atoms with Crippen molar-refractivity contribution in [3.63, 3.8) is 0 Å². The third kappa shape index (κ3) is 17.6. The summed E-state index contributed by atoms with van der Waals surface area (Å²) >= 11 is 0. The molecule has 0 fully saturated rings. The van der Waals surface area contributed by atoms with Crippen LogP contribution >= 0.6 is 24.0 Å². The summed E-state index contributed by atoms with van der Waals surface area (Å²) in [4.78, 5) is 16.0. The third-order valence-corrected chi connectivity index (χ3v) is 2.80. The highest BCUT2D eigenvalue weighted by Gasteiger charge is 2.03. The molecule has 138 valence electrons. The van der Waals surface area contributed by atoms with E-state index in [4.69, 9.17) is 4.74 Å². The van der Waals surface area contributed by atoms with Crippen LogP contribution in [-0.4, -0.2) is 50.8 Å². The number of rotatable bonds is 12. The number of ether oxygens (including phenoxy) is 1. The number of carbonyl (C=O) groups excluding carboxylic acids is 1. The van der Waals surface area contributed by atoms with Gasteiger partial charge in [0.15, 0.2) is 5.96 Å². The highest BCUT2D eigenvalue weighted by molar-refractivity contribution is 14.0. The van der Waals surface area contributed by atoms with E-state index in [-0.39, 0.29) is 35.9 Å². The molecular weight excluding hydrogens is 407 g/mol. The van der Waals surface area contributed by atoms with Gasteiger partial charge in [0, 0.05) is 45.3 Å². The number of carbonyl (C=O) groups is 1. The Morgan fingerprint density at radius 3 is 2.43 bits per heavy atom. The molecule has 23 heavy (non-hydrogen) atoms. The second-order valence-corrected chi connectivity index (χ2v) is 5.48. The Labute approximate surface area is 158 Å². The summed E-state index contributed by atoms with van der Waals surface area (Å²) in [6.07, 6.45) is 3.64. The first-order valence-corrected chi connectivity index (χ1v) is 8.49. The predicted octanol–water partition coefficient (Wildman–Crippen LogP) is 2.28. The summed E-state index contributed by atoms with van der Waals surface area (Å²) < 4.78 is 5.50. The second-order valence-electron chi connectivity index (χ2n) is 5.48. The Kier molecular flexibility index (Phi) is 19.1. The van der Waals surface area contributed by atoms with Gasteiger partial charge in [-0.3, -0.25) is 9.79 Å². The Morgan fingerprint density at radius 2 is 1.83 bits per heavy atom. The molecule has 0 rings (SSSR count). The van der Waals surface area contributed by atoms with Crippen molar-refractivity contribution in [2.75, 3.05) is 32.8 Å². The SMILES string of the molecule is CCCCOCCCN=C(NCC)NCCC(=O)NC(C)C.I. The van der Waals surface area contributed by atoms with Gasteiger partial charge in [0.25, 0.3) is 0 Å². The van der Waals surface area contributed by atoms with Gasteiger partial charge in [-0.05, 0) is 33.6 Å². The van der Waals surface area contributed by atoms with Crippen LogP contribution in [0.1, 0.15) is 53.4 Å². The van der Waals surface area contributed by atoms with Crippen molar-refractivity contribution in [2.24, 2.45) is 4.99 Å². The van der Waals surface area contributed by atoms with Gasteiger partial charge in [0.2, 0.25) is 5.91 Å². The minimum Gasteiger partial charge on any atom is -0.381 e. The lowest BCUT2D eigenvalue weighted by molar-refractivity contribution is -0.121. The van der Waals surface area contributed by atoms with Gasteiger partial charge >= 0.3 is 0 Å². The van der Waals surface area contributed by atoms with Crippen LogP contribution in [0.25, 0.3) is 0 Å². The molecule has 0 aliphatic rings. The van der Waals surface area contributed by atoms with E-state index in [0.717, 1.165) is 51.5 Å². The third-order valence-electron chi connectivity index (χ3n) is 2.80. The van der Waals surface area contributed by atoms with Gasteiger partial charge in [-0.2, -0.15) is 0 Å². The number of amides is 1. The Hall–Kier alpha value is -0.570. The Bertz CT molecular complexity index is 312. The van der Waals surface area contributed by atoms with Crippen LogP contribution in [-0.2, 0) is 9.53 Å². The molecule has 0 heterocycles. The molecule has 0 spiro atoms. The lowest BCUT2D eigenvalue weighted by Crippen LogP contribution is -2.40. The average Bonchev–Trinajstić information content (AvgIpc) is 2.45. The highest BCUT2D eigenvalue weighted by Crippen LogP contribution is 1.90. The number of guanidine groups is 1. The smallest absolute Gasteiger partial charge is 0.221 e. The van der Waals surface area contributed by atoms with E-state index in [2.05, 4.69) is 27.9 Å². The zero-order valence-electron chi connectivity index (χ0n) is 15.1. The van der Waals surface area contributed by atoms with E-state index in [0.29, 0.717) is 13.0 Å². The standard InChI is InChI=1S/C16H34N4O2.HI/c1-5-7-12-22-13-8-10-18-16(17-6-2)19-11-9-15(21)20-14(3)4;/h14H,5-13H2,1-4H3,(H,20,21)(H2,17,18,19);1H. The molecular formula is C16H35IN4O2. The summed E-state index contributed by atoms with van der Waals surface area (Å²) in [5, 5.41) is 9.22. The Morgan fingerprint density at radius 1 is 1.13 bits per heavy atom. The number of halogens is 1. The lowest BCUT2D eigenvalue weighted by Gasteiger charge is -2.12. The van der Waals surface area contributed by atoms with E-state index in [1.54, 1.807) is 0 Å². The number of nitrogens with zero attached hydrogens (tertiary/aromatic N) is 1. The first-order valence-electron chi connectivity index (χ1n) is 8.49. The van der Waals surface area contributed by atoms with Gasteiger partial charge in [-0.1, -0.05) is 13.3 Å². The summed E-state index contributed by atoms with van der Waals surface area (Å²) in [5.41, 5.74) is 0. The zero-order valence-corrected chi connectivity index (χ0v) is 17.4. The molecule has 0 bridgehead atoms. The fourth-order valence-electron chi connectivity index (χ4n) is 1.74. The van der Waals surface area contributed by atoms with Crippen LogP contribution in [0.4, 0.5) is 0 Å². The van der Waals surface area contributed by atoms with Gasteiger partial charge in [0.1, 0.15) is 0 Å². The van der Waals surface area contributed by atoms with Crippen molar-refractivity contribution >= 4 is 35.8 Å². The van der Waals surface area contributed by atoms with Crippen molar-refractivity contribution in [3.8, 4) is 0 Å². The topological polar surface area (TPSA) is 74.8 Å². The fraction of sp³-hybridized carbons (Fsp3) is 0.875. The lowest BCUT2D eigenvalue weighted by atomic mass is 10.3. The van der Waals surface area contributed by atoms with Crippen molar-refractivity contribution in [1.82, 2.24) is 16.0 Å². The maximum atomic E-state index is 11.6. The highest BCUT2D eigenvalue weighted by atomic mass is 127. The van der Waals surface area contributed by atoms with Crippen molar-refractivity contribution < 1.29 is 9.53 Å². The second kappa shape index (κ2) is 17.8. The van der Waals surface area contributed by atoms with Crippen LogP contribution in [0, 0.1) is 0 Å². The molecule has 0 aromatic rings. The molecule has 6 nitrogen and oxygen atoms in total. The monoisotopic (exact) mass is 442 g/mol. The molecule has 0 saturated carbocycles. The number of aliphatic imine (C=N–C) groups is 1. The van der Waals surface area contributed by atoms with Crippen LogP contribution in [0.15, 0.2) is 4.99 Å². The van der Waals surface area contributed by atoms with Gasteiger partial charge in [-0.25, -0.2) is 0 Å². The predicted molar refractivity (Wildman–Crippen MR) is 108 cm³/mol. The number of hydrogen-bond donors (Lipinski definition) is 3. The minimum atomic E-state index is 0. The quantitative estimate of drug-likeness (QED) is 0.188. The fourth-order valence-corrected chi connectivity index (χ4v) is 1.74. The molecule has 0 atom stereocenters. The normalized spacial score (nSPS) is 11.1. The average molecular weight is 442 g/mol. The molecule has 7 heteroatoms. The van der Waals surface area contributed by atoms with Crippen molar-refractivity contribution in [2.45, 2.75) is 59.4 Å². The van der Waals surface area contributed by atoms with Crippen LogP contribution in [0.2, 0.25) is 0 Å². The van der Waals surface area contributed by atoms with Crippen molar-refractivity contribution in [3.05, 3.63) is 0 Å². The van der Waals surface area contributed by atoms with Gasteiger partial charge in [-0.15, -0.1) is 24.0 Å². The maximum Gasteiger partial charge on any atom is 0.221 e. The summed E-state index contributed by atoms with van der Waals surface area (Å²) in [7, 11) is 0. The summed E-state index contributed by atoms with van der Waals surface area (Å²) in [6.45, 7) is 11.8. The molecule has 0 aromatic heterocycles. The molecule has 3 N–H and O–H groups in total. The van der Waals surface area contributed by atoms with Crippen molar-refractivity contribution in [1.29, 1.82) is 0 Å².